The average Bonchev–Trinajstić information content (AvgIpc) is 2.34. The van der Waals surface area contributed by atoms with Crippen molar-refractivity contribution in [1.82, 2.24) is 0 Å². The molecule has 0 bridgehead atoms. The predicted octanol–water partition coefficient (Wildman–Crippen LogP) is 2.57. The van der Waals surface area contributed by atoms with Gasteiger partial charge in [-0.05, 0) is 18.9 Å². The summed E-state index contributed by atoms with van der Waals surface area (Å²) >= 11 is 0. The number of aliphatic hydroxyl groups is 1. The van der Waals surface area contributed by atoms with E-state index in [1.165, 1.54) is 12.1 Å². The summed E-state index contributed by atoms with van der Waals surface area (Å²) in [6, 6.07) is 4.64. The first-order chi connectivity index (χ1) is 8.49. The zero-order chi connectivity index (χ0) is 13.7. The monoisotopic (exact) mass is 252 g/mol. The summed E-state index contributed by atoms with van der Waals surface area (Å²) in [5, 5.41) is 20.1. The molecule has 0 aliphatic heterocycles. The van der Waals surface area contributed by atoms with Crippen molar-refractivity contribution in [2.24, 2.45) is 5.92 Å². The van der Waals surface area contributed by atoms with Crippen LogP contribution >= 0.6 is 0 Å². The van der Waals surface area contributed by atoms with Gasteiger partial charge in [-0.25, -0.2) is 0 Å². The molecule has 18 heavy (non-hydrogen) atoms. The second kappa shape index (κ2) is 6.35. The maximum Gasteiger partial charge on any atom is 0.269 e. The third kappa shape index (κ3) is 3.43. The minimum Gasteiger partial charge on any atom is -0.392 e. The summed E-state index contributed by atoms with van der Waals surface area (Å²) in [4.78, 5) is 12.4. The lowest BCUT2D eigenvalue weighted by molar-refractivity contribution is -0.384. The van der Waals surface area contributed by atoms with Crippen LogP contribution in [-0.4, -0.2) is 23.1 Å². The predicted molar refractivity (Wildman–Crippen MR) is 71.7 cm³/mol. The van der Waals surface area contributed by atoms with Crippen LogP contribution < -0.4 is 4.90 Å². The Kier molecular flexibility index (Phi) is 5.09. The Labute approximate surface area is 107 Å². The standard InChI is InChI=1S/C13H20N2O3/c1-4-14(8-10(2)3)13-6-5-12(15(17)18)7-11(13)9-16/h5-7,10,16H,4,8-9H2,1-3H3. The molecule has 0 saturated carbocycles. The van der Waals surface area contributed by atoms with E-state index in [0.29, 0.717) is 11.5 Å². The summed E-state index contributed by atoms with van der Waals surface area (Å²) in [6.07, 6.45) is 0. The molecule has 0 heterocycles. The second-order valence-electron chi connectivity index (χ2n) is 4.66. The molecule has 0 aliphatic carbocycles. The van der Waals surface area contributed by atoms with E-state index in [0.717, 1.165) is 18.8 Å². The van der Waals surface area contributed by atoms with E-state index in [-0.39, 0.29) is 12.3 Å². The highest BCUT2D eigenvalue weighted by Gasteiger charge is 2.15. The molecule has 0 aliphatic rings. The third-order valence-corrected chi connectivity index (χ3v) is 2.75. The fourth-order valence-electron chi connectivity index (χ4n) is 1.96. The number of non-ortho nitro benzene ring substituents is 1. The van der Waals surface area contributed by atoms with Crippen molar-refractivity contribution in [3.05, 3.63) is 33.9 Å². The van der Waals surface area contributed by atoms with Gasteiger partial charge in [-0.3, -0.25) is 10.1 Å². The quantitative estimate of drug-likeness (QED) is 0.624. The number of hydrogen-bond acceptors (Lipinski definition) is 4. The van der Waals surface area contributed by atoms with Crippen molar-refractivity contribution in [3.63, 3.8) is 0 Å². The minimum atomic E-state index is -0.443. The highest BCUT2D eigenvalue weighted by molar-refractivity contribution is 5.57. The number of rotatable bonds is 6. The van der Waals surface area contributed by atoms with Crippen LogP contribution in [0.1, 0.15) is 26.3 Å². The summed E-state index contributed by atoms with van der Waals surface area (Å²) in [5.74, 6) is 0.492. The van der Waals surface area contributed by atoms with Gasteiger partial charge >= 0.3 is 0 Å². The van der Waals surface area contributed by atoms with Crippen molar-refractivity contribution >= 4 is 11.4 Å². The molecule has 5 nitrogen and oxygen atoms in total. The number of aliphatic hydroxyl groups excluding tert-OH is 1. The minimum absolute atomic E-state index is 0.0170. The second-order valence-corrected chi connectivity index (χ2v) is 4.66. The molecule has 0 spiro atoms. The van der Waals surface area contributed by atoms with Crippen LogP contribution in [0.4, 0.5) is 11.4 Å². The SMILES string of the molecule is CCN(CC(C)C)c1ccc([N+](=O)[O-])cc1CO. The van der Waals surface area contributed by atoms with Crippen LogP contribution in [0.3, 0.4) is 0 Å². The molecule has 0 aromatic heterocycles. The van der Waals surface area contributed by atoms with Crippen molar-refractivity contribution in [3.8, 4) is 0 Å². The fourth-order valence-corrected chi connectivity index (χ4v) is 1.96. The zero-order valence-corrected chi connectivity index (χ0v) is 11.1. The lowest BCUT2D eigenvalue weighted by atomic mass is 10.1. The van der Waals surface area contributed by atoms with Crippen molar-refractivity contribution < 1.29 is 10.0 Å². The molecule has 1 N–H and O–H groups in total. The Morgan fingerprint density at radius 3 is 2.56 bits per heavy atom. The van der Waals surface area contributed by atoms with E-state index in [4.69, 9.17) is 0 Å². The molecular weight excluding hydrogens is 232 g/mol. The van der Waals surface area contributed by atoms with Gasteiger partial charge in [-0.1, -0.05) is 13.8 Å². The van der Waals surface area contributed by atoms with E-state index in [2.05, 4.69) is 18.7 Å². The number of anilines is 1. The maximum atomic E-state index is 10.7. The van der Waals surface area contributed by atoms with Crippen molar-refractivity contribution in [1.29, 1.82) is 0 Å². The average molecular weight is 252 g/mol. The molecule has 0 unspecified atom stereocenters. The van der Waals surface area contributed by atoms with Crippen molar-refractivity contribution in [2.75, 3.05) is 18.0 Å². The van der Waals surface area contributed by atoms with Gasteiger partial charge in [0.2, 0.25) is 0 Å². The van der Waals surface area contributed by atoms with E-state index >= 15 is 0 Å². The van der Waals surface area contributed by atoms with Gasteiger partial charge in [0.25, 0.3) is 5.69 Å². The first-order valence-electron chi connectivity index (χ1n) is 6.12. The third-order valence-electron chi connectivity index (χ3n) is 2.75. The summed E-state index contributed by atoms with van der Waals surface area (Å²) in [6.45, 7) is 7.75. The Hall–Kier alpha value is -1.62. The Morgan fingerprint density at radius 2 is 2.11 bits per heavy atom. The highest BCUT2D eigenvalue weighted by Crippen LogP contribution is 2.26. The number of nitrogens with zero attached hydrogens (tertiary/aromatic N) is 2. The first kappa shape index (κ1) is 14.4. The summed E-state index contributed by atoms with van der Waals surface area (Å²) in [7, 11) is 0. The molecule has 0 amide bonds. The molecule has 0 saturated heterocycles. The van der Waals surface area contributed by atoms with Gasteiger partial charge in [0.15, 0.2) is 0 Å². The number of nitro benzene ring substituents is 1. The van der Waals surface area contributed by atoms with Crippen LogP contribution in [0.2, 0.25) is 0 Å². The number of nitro groups is 1. The molecule has 1 rings (SSSR count). The number of benzene rings is 1. The van der Waals surface area contributed by atoms with E-state index in [1.54, 1.807) is 6.07 Å². The highest BCUT2D eigenvalue weighted by atomic mass is 16.6. The lowest BCUT2D eigenvalue weighted by Gasteiger charge is -2.27. The van der Waals surface area contributed by atoms with E-state index < -0.39 is 4.92 Å². The Morgan fingerprint density at radius 1 is 1.44 bits per heavy atom. The van der Waals surface area contributed by atoms with Gasteiger partial charge in [-0.2, -0.15) is 0 Å². The molecular formula is C13H20N2O3. The molecule has 1 aromatic rings. The van der Waals surface area contributed by atoms with Crippen LogP contribution in [-0.2, 0) is 6.61 Å². The van der Waals surface area contributed by atoms with Gasteiger partial charge in [0, 0.05) is 36.5 Å². The van der Waals surface area contributed by atoms with Gasteiger partial charge in [-0.15, -0.1) is 0 Å². The van der Waals surface area contributed by atoms with Crippen LogP contribution in [0.15, 0.2) is 18.2 Å². The molecule has 0 fully saturated rings. The maximum absolute atomic E-state index is 10.7. The summed E-state index contributed by atoms with van der Waals surface area (Å²) in [5.41, 5.74) is 1.49. The van der Waals surface area contributed by atoms with Crippen LogP contribution in [0, 0.1) is 16.0 Å². The first-order valence-corrected chi connectivity index (χ1v) is 6.12. The van der Waals surface area contributed by atoms with Crippen molar-refractivity contribution in [2.45, 2.75) is 27.4 Å². The summed E-state index contributed by atoms with van der Waals surface area (Å²) < 4.78 is 0. The van der Waals surface area contributed by atoms with Gasteiger partial charge in [0.05, 0.1) is 11.5 Å². The molecule has 0 atom stereocenters. The number of hydrogen-bond donors (Lipinski definition) is 1. The lowest BCUT2D eigenvalue weighted by Crippen LogP contribution is -2.28. The molecule has 1 aromatic carbocycles. The zero-order valence-electron chi connectivity index (χ0n) is 11.1. The van der Waals surface area contributed by atoms with E-state index in [9.17, 15) is 15.2 Å². The smallest absolute Gasteiger partial charge is 0.269 e. The Bertz CT molecular complexity index is 419. The normalized spacial score (nSPS) is 10.7. The fraction of sp³-hybridized carbons (Fsp3) is 0.538. The topological polar surface area (TPSA) is 66.6 Å². The Balaban J connectivity index is 3.10. The van der Waals surface area contributed by atoms with Crippen LogP contribution in [0.25, 0.3) is 0 Å². The van der Waals surface area contributed by atoms with E-state index in [1.807, 2.05) is 6.92 Å². The van der Waals surface area contributed by atoms with Crippen LogP contribution in [0.5, 0.6) is 0 Å². The van der Waals surface area contributed by atoms with Gasteiger partial charge in [0.1, 0.15) is 0 Å². The molecule has 0 radical (unpaired) electrons. The largest absolute Gasteiger partial charge is 0.392 e. The molecule has 100 valence electrons. The molecule has 5 heteroatoms. The van der Waals surface area contributed by atoms with Gasteiger partial charge < -0.3 is 10.0 Å².